The molecule has 0 amide bonds. The first kappa shape index (κ1) is 26.4. The summed E-state index contributed by atoms with van der Waals surface area (Å²) in [6.45, 7) is 4.53. The van der Waals surface area contributed by atoms with Crippen LogP contribution in [-0.2, 0) is 0 Å². The minimum atomic E-state index is 0.458. The molecular formula is C26H51N. The Bertz CT molecular complexity index is 318. The molecule has 0 fully saturated rings. The van der Waals surface area contributed by atoms with Crippen LogP contribution in [0.15, 0.2) is 24.3 Å². The third kappa shape index (κ3) is 23.4. The predicted molar refractivity (Wildman–Crippen MR) is 125 cm³/mol. The van der Waals surface area contributed by atoms with E-state index in [0.29, 0.717) is 6.04 Å². The third-order valence-electron chi connectivity index (χ3n) is 5.45. The summed E-state index contributed by atoms with van der Waals surface area (Å²) in [5.41, 5.74) is 6.21. The van der Waals surface area contributed by atoms with Crippen LogP contribution in [0.5, 0.6) is 0 Å². The highest BCUT2D eigenvalue weighted by atomic mass is 14.6. The molecule has 1 unspecified atom stereocenters. The molecule has 1 atom stereocenters. The lowest BCUT2D eigenvalue weighted by Gasteiger charge is -2.11. The van der Waals surface area contributed by atoms with Crippen LogP contribution < -0.4 is 5.73 Å². The molecule has 0 aromatic rings. The molecule has 0 aliphatic rings. The highest BCUT2D eigenvalue weighted by Crippen LogP contribution is 2.13. The highest BCUT2D eigenvalue weighted by molar-refractivity contribution is 4.92. The van der Waals surface area contributed by atoms with Gasteiger partial charge in [-0.15, -0.1) is 0 Å². The maximum absolute atomic E-state index is 6.21. The third-order valence-corrected chi connectivity index (χ3v) is 5.45. The van der Waals surface area contributed by atoms with Gasteiger partial charge in [-0.05, 0) is 44.9 Å². The van der Waals surface area contributed by atoms with Crippen molar-refractivity contribution in [3.05, 3.63) is 24.3 Å². The van der Waals surface area contributed by atoms with Crippen molar-refractivity contribution in [2.24, 2.45) is 5.73 Å². The first-order valence-corrected chi connectivity index (χ1v) is 12.4. The van der Waals surface area contributed by atoms with Gasteiger partial charge < -0.3 is 5.73 Å². The fourth-order valence-corrected chi connectivity index (χ4v) is 3.55. The fraction of sp³-hybridized carbons (Fsp3) is 0.846. The summed E-state index contributed by atoms with van der Waals surface area (Å²) >= 11 is 0. The largest absolute Gasteiger partial charge is 0.328 e. The zero-order valence-corrected chi connectivity index (χ0v) is 18.9. The summed E-state index contributed by atoms with van der Waals surface area (Å²) in [6.07, 6.45) is 34.6. The maximum Gasteiger partial charge on any atom is 0.00388 e. The Morgan fingerprint density at radius 1 is 0.519 bits per heavy atom. The molecule has 0 spiro atoms. The van der Waals surface area contributed by atoms with Gasteiger partial charge in [-0.1, -0.05) is 115 Å². The molecule has 0 saturated carbocycles. The van der Waals surface area contributed by atoms with Gasteiger partial charge in [-0.3, -0.25) is 0 Å². The lowest BCUT2D eigenvalue weighted by Crippen LogP contribution is -2.19. The van der Waals surface area contributed by atoms with E-state index in [4.69, 9.17) is 5.73 Å². The lowest BCUT2D eigenvalue weighted by atomic mass is 10.0. The smallest absolute Gasteiger partial charge is 0.00388 e. The van der Waals surface area contributed by atoms with Gasteiger partial charge in [0.15, 0.2) is 0 Å². The zero-order chi connectivity index (χ0) is 19.8. The number of nitrogens with two attached hydrogens (primary N) is 1. The topological polar surface area (TPSA) is 26.0 Å². The second-order valence-electron chi connectivity index (χ2n) is 8.34. The summed E-state index contributed by atoms with van der Waals surface area (Å²) in [7, 11) is 0. The number of rotatable bonds is 21. The fourth-order valence-electron chi connectivity index (χ4n) is 3.55. The van der Waals surface area contributed by atoms with E-state index in [1.165, 1.54) is 116 Å². The molecule has 1 heteroatoms. The van der Waals surface area contributed by atoms with Crippen LogP contribution in [0.2, 0.25) is 0 Å². The van der Waals surface area contributed by atoms with Crippen molar-refractivity contribution in [2.45, 2.75) is 142 Å². The number of unbranched alkanes of at least 4 members (excludes halogenated alkanes) is 13. The van der Waals surface area contributed by atoms with E-state index < -0.39 is 0 Å². The van der Waals surface area contributed by atoms with E-state index in [1.54, 1.807) is 0 Å². The van der Waals surface area contributed by atoms with Gasteiger partial charge in [0.25, 0.3) is 0 Å². The van der Waals surface area contributed by atoms with Gasteiger partial charge in [0.05, 0.1) is 0 Å². The predicted octanol–water partition coefficient (Wildman–Crippen LogP) is 8.88. The molecule has 1 nitrogen and oxygen atoms in total. The van der Waals surface area contributed by atoms with Crippen molar-refractivity contribution < 1.29 is 0 Å². The van der Waals surface area contributed by atoms with Crippen LogP contribution >= 0.6 is 0 Å². The molecule has 27 heavy (non-hydrogen) atoms. The zero-order valence-electron chi connectivity index (χ0n) is 18.9. The Kier molecular flexibility index (Phi) is 23.0. The molecule has 0 aromatic heterocycles. The quantitative estimate of drug-likeness (QED) is 0.157. The minimum absolute atomic E-state index is 0.458. The van der Waals surface area contributed by atoms with Crippen LogP contribution in [0.1, 0.15) is 136 Å². The molecule has 2 N–H and O–H groups in total. The monoisotopic (exact) mass is 377 g/mol. The lowest BCUT2D eigenvalue weighted by molar-refractivity contribution is 0.486. The summed E-state index contributed by atoms with van der Waals surface area (Å²) in [6, 6.07) is 0.458. The second kappa shape index (κ2) is 23.5. The van der Waals surface area contributed by atoms with E-state index in [0.717, 1.165) is 6.42 Å². The van der Waals surface area contributed by atoms with Crippen LogP contribution in [-0.4, -0.2) is 6.04 Å². The average molecular weight is 378 g/mol. The van der Waals surface area contributed by atoms with Gasteiger partial charge in [-0.25, -0.2) is 0 Å². The van der Waals surface area contributed by atoms with E-state index >= 15 is 0 Å². The van der Waals surface area contributed by atoms with E-state index in [9.17, 15) is 0 Å². The van der Waals surface area contributed by atoms with Crippen molar-refractivity contribution in [2.75, 3.05) is 0 Å². The van der Waals surface area contributed by atoms with Crippen molar-refractivity contribution in [3.63, 3.8) is 0 Å². The van der Waals surface area contributed by atoms with Gasteiger partial charge in [0.1, 0.15) is 0 Å². The van der Waals surface area contributed by atoms with Crippen LogP contribution in [0, 0.1) is 0 Å². The Balaban J connectivity index is 3.21. The molecule has 160 valence electrons. The van der Waals surface area contributed by atoms with Gasteiger partial charge in [0.2, 0.25) is 0 Å². The van der Waals surface area contributed by atoms with E-state index in [-0.39, 0.29) is 0 Å². The Morgan fingerprint density at radius 2 is 0.926 bits per heavy atom. The maximum atomic E-state index is 6.21. The number of hydrogen-bond acceptors (Lipinski definition) is 1. The molecule has 0 rings (SSSR count). The van der Waals surface area contributed by atoms with Gasteiger partial charge in [0, 0.05) is 6.04 Å². The van der Waals surface area contributed by atoms with Crippen molar-refractivity contribution in [1.82, 2.24) is 0 Å². The molecular weight excluding hydrogens is 326 g/mol. The molecule has 0 aliphatic heterocycles. The summed E-state index contributed by atoms with van der Waals surface area (Å²) in [5, 5.41) is 0. The SMILES string of the molecule is CCCCC/C=C/C/C=C/CCCCCCCCCC(N)CCCCCC. The Hall–Kier alpha value is -0.560. The summed E-state index contributed by atoms with van der Waals surface area (Å²) in [5.74, 6) is 0. The summed E-state index contributed by atoms with van der Waals surface area (Å²) < 4.78 is 0. The van der Waals surface area contributed by atoms with Crippen LogP contribution in [0.4, 0.5) is 0 Å². The first-order valence-electron chi connectivity index (χ1n) is 12.4. The number of allylic oxidation sites excluding steroid dienone is 4. The van der Waals surface area contributed by atoms with Crippen molar-refractivity contribution >= 4 is 0 Å². The summed E-state index contributed by atoms with van der Waals surface area (Å²) in [4.78, 5) is 0. The minimum Gasteiger partial charge on any atom is -0.328 e. The highest BCUT2D eigenvalue weighted by Gasteiger charge is 2.02. The molecule has 0 heterocycles. The molecule has 0 radical (unpaired) electrons. The number of hydrogen-bond donors (Lipinski definition) is 1. The average Bonchev–Trinajstić information content (AvgIpc) is 2.67. The van der Waals surface area contributed by atoms with E-state index in [1.807, 2.05) is 0 Å². The van der Waals surface area contributed by atoms with E-state index in [2.05, 4.69) is 38.2 Å². The van der Waals surface area contributed by atoms with Crippen LogP contribution in [0.3, 0.4) is 0 Å². The second-order valence-corrected chi connectivity index (χ2v) is 8.34. The first-order chi connectivity index (χ1) is 13.3. The van der Waals surface area contributed by atoms with Gasteiger partial charge in [-0.2, -0.15) is 0 Å². The molecule has 0 aliphatic carbocycles. The van der Waals surface area contributed by atoms with Crippen LogP contribution in [0.25, 0.3) is 0 Å². The van der Waals surface area contributed by atoms with Crippen molar-refractivity contribution in [3.8, 4) is 0 Å². The molecule has 0 bridgehead atoms. The Labute approximate surface area is 172 Å². The van der Waals surface area contributed by atoms with Gasteiger partial charge >= 0.3 is 0 Å². The normalized spacial score (nSPS) is 13.1. The molecule has 0 saturated heterocycles. The molecule has 0 aromatic carbocycles. The van der Waals surface area contributed by atoms with Crippen molar-refractivity contribution in [1.29, 1.82) is 0 Å². The standard InChI is InChI=1S/C26H51N/c1-3-5-7-9-10-11-12-13-14-15-16-17-18-19-20-21-23-25-26(27)24-22-8-6-4-2/h10-11,13-14,26H,3-9,12,15-25,27H2,1-2H3/b11-10+,14-13+. The Morgan fingerprint density at radius 3 is 1.48 bits per heavy atom.